The maximum atomic E-state index is 11.3. The van der Waals surface area contributed by atoms with Gasteiger partial charge < -0.3 is 40.2 Å². The molecule has 0 aliphatic rings. The Morgan fingerprint density at radius 2 is 0.923 bits per heavy atom. The zero-order valence-electron chi connectivity index (χ0n) is 22.2. The van der Waals surface area contributed by atoms with E-state index in [0.29, 0.717) is 0 Å². The van der Waals surface area contributed by atoms with E-state index in [1.165, 1.54) is 0 Å². The molecule has 14 heteroatoms. The molecule has 0 aromatic rings. The van der Waals surface area contributed by atoms with E-state index in [0.717, 1.165) is 24.3 Å². The van der Waals surface area contributed by atoms with Gasteiger partial charge in [-0.2, -0.15) is 0 Å². The second-order valence-corrected chi connectivity index (χ2v) is 7.72. The molecule has 0 aromatic heterocycles. The number of hydrogen-bond donors (Lipinski definition) is 4. The number of ether oxygens (including phenoxy) is 4. The van der Waals surface area contributed by atoms with Crippen LogP contribution in [-0.2, 0) is 47.9 Å². The van der Waals surface area contributed by atoms with Crippen molar-refractivity contribution in [1.29, 1.82) is 0 Å². The summed E-state index contributed by atoms with van der Waals surface area (Å²) in [5.74, 6) is -1.46. The molecule has 0 spiro atoms. The van der Waals surface area contributed by atoms with Gasteiger partial charge in [-0.3, -0.25) is 19.2 Å². The van der Waals surface area contributed by atoms with Gasteiger partial charge in [-0.15, -0.1) is 0 Å². The SMILES string of the molecule is C=CC(=O)NCCOCC(COCCNC(=O)C=C)(COCCOCNC(=O)C=C)COOCNC(=O)C=C. The van der Waals surface area contributed by atoms with E-state index in [4.69, 9.17) is 28.7 Å². The maximum Gasteiger partial charge on any atom is 0.245 e. The molecule has 0 radical (unpaired) electrons. The monoisotopic (exact) mass is 556 g/mol. The Balaban J connectivity index is 5.07. The average molecular weight is 557 g/mol. The van der Waals surface area contributed by atoms with Crippen LogP contribution in [0.5, 0.6) is 0 Å². The number of hydrogen-bond acceptors (Lipinski definition) is 10. The van der Waals surface area contributed by atoms with E-state index in [1.807, 2.05) is 0 Å². The molecule has 220 valence electrons. The van der Waals surface area contributed by atoms with Crippen LogP contribution in [0.25, 0.3) is 0 Å². The first kappa shape index (κ1) is 35.6. The van der Waals surface area contributed by atoms with Crippen molar-refractivity contribution in [2.45, 2.75) is 0 Å². The van der Waals surface area contributed by atoms with Crippen LogP contribution >= 0.6 is 0 Å². The fourth-order valence-corrected chi connectivity index (χ4v) is 2.52. The van der Waals surface area contributed by atoms with E-state index in [1.54, 1.807) is 0 Å². The number of carbonyl (C=O) groups is 4. The standard InChI is InChI=1S/C25H40N4O10/c1-5-21(30)26-9-11-34-15-25(16-35-12-10-27-22(31)6-2,18-38-39-20-29-24(33)8-4)17-36-13-14-37-19-28-23(32)7-3/h5-8H,1-4,9-20H2,(H,26,30)(H,27,31)(H,28,32)(H,29,33). The molecule has 0 fully saturated rings. The third-order valence-electron chi connectivity index (χ3n) is 4.53. The molecular formula is C25H40N4O10. The molecule has 4 amide bonds. The van der Waals surface area contributed by atoms with Gasteiger partial charge in [-0.05, 0) is 24.3 Å². The molecule has 0 saturated heterocycles. The fourth-order valence-electron chi connectivity index (χ4n) is 2.52. The Kier molecular flexibility index (Phi) is 21.6. The lowest BCUT2D eigenvalue weighted by molar-refractivity contribution is -0.321. The van der Waals surface area contributed by atoms with Crippen LogP contribution in [0.1, 0.15) is 0 Å². The lowest BCUT2D eigenvalue weighted by atomic mass is 9.92. The highest BCUT2D eigenvalue weighted by molar-refractivity contribution is 5.87. The summed E-state index contributed by atoms with van der Waals surface area (Å²) in [5.41, 5.74) is -0.898. The van der Waals surface area contributed by atoms with Crippen molar-refractivity contribution in [2.75, 3.05) is 79.4 Å². The summed E-state index contributed by atoms with van der Waals surface area (Å²) in [6.45, 7) is 14.6. The lowest BCUT2D eigenvalue weighted by Crippen LogP contribution is -2.43. The van der Waals surface area contributed by atoms with E-state index >= 15 is 0 Å². The molecule has 0 unspecified atom stereocenters. The maximum absolute atomic E-state index is 11.3. The summed E-state index contributed by atoms with van der Waals surface area (Å²) in [6.07, 6.45) is 4.52. The smallest absolute Gasteiger partial charge is 0.245 e. The van der Waals surface area contributed by atoms with E-state index in [-0.39, 0.29) is 97.1 Å². The Bertz CT molecular complexity index is 717. The molecule has 0 atom stereocenters. The van der Waals surface area contributed by atoms with E-state index < -0.39 is 11.3 Å². The first-order valence-electron chi connectivity index (χ1n) is 12.0. The summed E-state index contributed by atoms with van der Waals surface area (Å²) in [6, 6.07) is 0. The van der Waals surface area contributed by atoms with Crippen LogP contribution in [-0.4, -0.2) is 103 Å². The Hall–Kier alpha value is -3.40. The normalized spacial score (nSPS) is 10.7. The van der Waals surface area contributed by atoms with Crippen LogP contribution in [0, 0.1) is 5.41 Å². The summed E-state index contributed by atoms with van der Waals surface area (Å²) in [5, 5.41) is 10.1. The van der Waals surface area contributed by atoms with Crippen molar-refractivity contribution in [3.05, 3.63) is 50.6 Å². The van der Waals surface area contributed by atoms with Gasteiger partial charge in [0.05, 0.1) is 58.3 Å². The Morgan fingerprint density at radius 1 is 0.513 bits per heavy atom. The minimum atomic E-state index is -0.898. The second-order valence-electron chi connectivity index (χ2n) is 7.72. The summed E-state index contributed by atoms with van der Waals surface area (Å²) in [4.78, 5) is 55.5. The Labute approximate surface area is 228 Å². The van der Waals surface area contributed by atoms with Gasteiger partial charge in [0.15, 0.2) is 6.73 Å². The zero-order chi connectivity index (χ0) is 29.2. The van der Waals surface area contributed by atoms with Gasteiger partial charge >= 0.3 is 0 Å². The van der Waals surface area contributed by atoms with Gasteiger partial charge in [0.1, 0.15) is 6.73 Å². The molecule has 4 N–H and O–H groups in total. The molecule has 0 rings (SSSR count). The quantitative estimate of drug-likeness (QED) is 0.0344. The number of carbonyl (C=O) groups excluding carboxylic acids is 4. The highest BCUT2D eigenvalue weighted by Gasteiger charge is 2.33. The predicted octanol–water partition coefficient (Wildman–Crippen LogP) is -0.889. The third-order valence-corrected chi connectivity index (χ3v) is 4.53. The van der Waals surface area contributed by atoms with Crippen molar-refractivity contribution < 1.29 is 47.9 Å². The average Bonchev–Trinajstić information content (AvgIpc) is 2.95. The first-order valence-corrected chi connectivity index (χ1v) is 12.0. The summed E-state index contributed by atoms with van der Waals surface area (Å²) < 4.78 is 22.6. The first-order chi connectivity index (χ1) is 18.8. The largest absolute Gasteiger partial charge is 0.379 e. The topological polar surface area (TPSA) is 172 Å². The van der Waals surface area contributed by atoms with Crippen molar-refractivity contribution in [3.8, 4) is 0 Å². The van der Waals surface area contributed by atoms with Crippen molar-refractivity contribution in [3.63, 3.8) is 0 Å². The minimum absolute atomic E-state index is 0.00812. The molecule has 0 aliphatic heterocycles. The van der Waals surface area contributed by atoms with Crippen molar-refractivity contribution in [2.24, 2.45) is 5.41 Å². The van der Waals surface area contributed by atoms with Crippen LogP contribution in [0.15, 0.2) is 50.6 Å². The fraction of sp³-hybridized carbons (Fsp3) is 0.520. The Morgan fingerprint density at radius 3 is 1.41 bits per heavy atom. The molecule has 0 aliphatic carbocycles. The molecule has 14 nitrogen and oxygen atoms in total. The van der Waals surface area contributed by atoms with Crippen LogP contribution < -0.4 is 21.3 Å². The minimum Gasteiger partial charge on any atom is -0.379 e. The van der Waals surface area contributed by atoms with Crippen LogP contribution in [0.4, 0.5) is 0 Å². The van der Waals surface area contributed by atoms with Crippen molar-refractivity contribution in [1.82, 2.24) is 21.3 Å². The predicted molar refractivity (Wildman–Crippen MR) is 141 cm³/mol. The third kappa shape index (κ3) is 20.3. The molecule has 0 aromatic carbocycles. The summed E-state index contributed by atoms with van der Waals surface area (Å²) in [7, 11) is 0. The molecule has 0 bridgehead atoms. The highest BCUT2D eigenvalue weighted by Crippen LogP contribution is 2.21. The molecule has 0 saturated carbocycles. The van der Waals surface area contributed by atoms with Crippen molar-refractivity contribution >= 4 is 23.6 Å². The van der Waals surface area contributed by atoms with Gasteiger partial charge in [-0.1, -0.05) is 26.3 Å². The molecular weight excluding hydrogens is 516 g/mol. The van der Waals surface area contributed by atoms with Gasteiger partial charge in [0, 0.05) is 13.1 Å². The van der Waals surface area contributed by atoms with Gasteiger partial charge in [0.25, 0.3) is 0 Å². The molecule has 39 heavy (non-hydrogen) atoms. The summed E-state index contributed by atoms with van der Waals surface area (Å²) >= 11 is 0. The van der Waals surface area contributed by atoms with E-state index in [2.05, 4.69) is 47.6 Å². The van der Waals surface area contributed by atoms with Crippen LogP contribution in [0.2, 0.25) is 0 Å². The lowest BCUT2D eigenvalue weighted by Gasteiger charge is -2.32. The zero-order valence-corrected chi connectivity index (χ0v) is 22.2. The molecule has 0 heterocycles. The second kappa shape index (κ2) is 23.7. The number of amides is 4. The van der Waals surface area contributed by atoms with Gasteiger partial charge in [0.2, 0.25) is 23.6 Å². The highest BCUT2D eigenvalue weighted by atomic mass is 17.2. The van der Waals surface area contributed by atoms with E-state index in [9.17, 15) is 19.2 Å². The van der Waals surface area contributed by atoms with Crippen LogP contribution in [0.3, 0.4) is 0 Å². The number of nitrogens with one attached hydrogen (secondary N) is 4. The van der Waals surface area contributed by atoms with Gasteiger partial charge in [-0.25, -0.2) is 9.78 Å². The number of rotatable bonds is 26.